The summed E-state index contributed by atoms with van der Waals surface area (Å²) in [6.45, 7) is 9.24. The molecule has 1 amide bonds. The molecule has 0 saturated heterocycles. The maximum Gasteiger partial charge on any atom is 0.258 e. The van der Waals surface area contributed by atoms with Gasteiger partial charge in [0.15, 0.2) is 5.82 Å². The van der Waals surface area contributed by atoms with E-state index in [0.29, 0.717) is 41.3 Å². The summed E-state index contributed by atoms with van der Waals surface area (Å²) in [5.41, 5.74) is 6.84. The number of anilines is 1. The summed E-state index contributed by atoms with van der Waals surface area (Å²) in [5, 5.41) is 12.1. The van der Waals surface area contributed by atoms with E-state index in [4.69, 9.17) is 27.1 Å². The predicted octanol–water partition coefficient (Wildman–Crippen LogP) is 3.78. The third kappa shape index (κ3) is 4.07. The highest BCUT2D eigenvalue weighted by Crippen LogP contribution is 2.43. The summed E-state index contributed by atoms with van der Waals surface area (Å²) >= 11 is 6.31. The second-order valence-electron chi connectivity index (χ2n) is 9.56. The Morgan fingerprint density at radius 3 is 2.71 bits per heavy atom. The average molecular weight is 490 g/mol. The van der Waals surface area contributed by atoms with Crippen molar-refractivity contribution in [3.05, 3.63) is 51.9 Å². The Morgan fingerprint density at radius 2 is 2.09 bits per heavy atom. The molecule has 3 aromatic rings. The molecule has 0 bridgehead atoms. The molecule has 1 fully saturated rings. The van der Waals surface area contributed by atoms with Crippen LogP contribution < -0.4 is 15.8 Å². The molecule has 10 heteroatoms. The van der Waals surface area contributed by atoms with Crippen molar-refractivity contribution >= 4 is 28.8 Å². The lowest BCUT2D eigenvalue weighted by Crippen LogP contribution is -2.47. The van der Waals surface area contributed by atoms with Gasteiger partial charge in [-0.3, -0.25) is 9.20 Å². The van der Waals surface area contributed by atoms with Crippen molar-refractivity contribution in [3.8, 4) is 5.75 Å². The molecule has 0 atom stereocenters. The molecule has 182 valence electrons. The van der Waals surface area contributed by atoms with E-state index in [1.54, 1.807) is 26.2 Å². The number of aliphatic hydroxyl groups is 1. The minimum Gasteiger partial charge on any atom is -0.490 e. The van der Waals surface area contributed by atoms with Crippen LogP contribution in [-0.4, -0.2) is 43.6 Å². The van der Waals surface area contributed by atoms with Crippen molar-refractivity contribution in [2.24, 2.45) is 0 Å². The topological polar surface area (TPSA) is 115 Å². The monoisotopic (exact) mass is 489 g/mol. The fraction of sp³-hybridized carbons (Fsp3) is 0.458. The number of imidazole rings is 1. The number of benzene rings is 1. The third-order valence-electron chi connectivity index (χ3n) is 6.19. The molecule has 2 aromatic heterocycles. The first-order valence-corrected chi connectivity index (χ1v) is 11.6. The van der Waals surface area contributed by atoms with Crippen LogP contribution in [0.1, 0.15) is 68.0 Å². The van der Waals surface area contributed by atoms with Gasteiger partial charge in [-0.2, -0.15) is 0 Å². The van der Waals surface area contributed by atoms with Crippen molar-refractivity contribution in [2.45, 2.75) is 71.1 Å². The van der Waals surface area contributed by atoms with Crippen molar-refractivity contribution in [2.75, 3.05) is 5.73 Å². The van der Waals surface area contributed by atoms with Crippen molar-refractivity contribution in [1.82, 2.24) is 19.7 Å². The number of nitrogens with two attached hydrogens (primary N) is 1. The Morgan fingerprint density at radius 1 is 1.41 bits per heavy atom. The maximum absolute atomic E-state index is 15.3. The Kier molecular flexibility index (Phi) is 6.20. The van der Waals surface area contributed by atoms with Gasteiger partial charge in [-0.15, -0.1) is 0 Å². The van der Waals surface area contributed by atoms with Crippen LogP contribution in [0.3, 0.4) is 0 Å². The molecule has 0 spiro atoms. The molecule has 1 saturated carbocycles. The Hall–Kier alpha value is -2.91. The van der Waals surface area contributed by atoms with Gasteiger partial charge in [0, 0.05) is 24.0 Å². The number of amides is 1. The summed E-state index contributed by atoms with van der Waals surface area (Å²) in [4.78, 5) is 22.1. The van der Waals surface area contributed by atoms with Crippen LogP contribution in [-0.2, 0) is 5.41 Å². The fourth-order valence-corrected chi connectivity index (χ4v) is 4.60. The Balaban J connectivity index is 1.91. The molecule has 0 unspecified atom stereocenters. The second-order valence-corrected chi connectivity index (χ2v) is 9.97. The largest absolute Gasteiger partial charge is 0.490 e. The normalized spacial score (nSPS) is 18.3. The van der Waals surface area contributed by atoms with Crippen LogP contribution in [0, 0.1) is 12.7 Å². The highest BCUT2D eigenvalue weighted by atomic mass is 35.5. The fourth-order valence-electron chi connectivity index (χ4n) is 4.40. The SMILES string of the molecule is Cc1nc(C(C)(C)c2cc(Cl)c(F)c(C(=O)N[C@H]3C[C@@H](O)C3)c2OC(C)C)n2ccnc(N)c12. The van der Waals surface area contributed by atoms with E-state index in [1.165, 1.54) is 6.07 Å². The van der Waals surface area contributed by atoms with Gasteiger partial charge in [-0.1, -0.05) is 11.6 Å². The van der Waals surface area contributed by atoms with Crippen molar-refractivity contribution < 1.29 is 19.0 Å². The number of fused-ring (bicyclic) bond motifs is 1. The first-order chi connectivity index (χ1) is 15.9. The van der Waals surface area contributed by atoms with Gasteiger partial charge < -0.3 is 20.9 Å². The molecule has 4 rings (SSSR count). The minimum absolute atomic E-state index is 0.107. The van der Waals surface area contributed by atoms with Gasteiger partial charge in [-0.25, -0.2) is 14.4 Å². The number of rotatable bonds is 6. The van der Waals surface area contributed by atoms with Gasteiger partial charge in [-0.05, 0) is 53.5 Å². The number of carbonyl (C=O) groups is 1. The average Bonchev–Trinajstić information content (AvgIpc) is 3.07. The molecular weight excluding hydrogens is 461 g/mol. The first-order valence-electron chi connectivity index (χ1n) is 11.2. The number of carbonyl (C=O) groups excluding carboxylic acids is 1. The zero-order chi connectivity index (χ0) is 24.9. The maximum atomic E-state index is 15.3. The van der Waals surface area contributed by atoms with Crippen molar-refractivity contribution in [3.63, 3.8) is 0 Å². The molecule has 0 radical (unpaired) electrons. The number of nitrogen functional groups attached to an aromatic ring is 1. The number of nitrogens with one attached hydrogen (secondary N) is 1. The molecule has 1 aromatic carbocycles. The molecule has 1 aliphatic rings. The minimum atomic E-state index is -0.867. The third-order valence-corrected chi connectivity index (χ3v) is 6.47. The van der Waals surface area contributed by atoms with Gasteiger partial charge in [0.2, 0.25) is 0 Å². The number of hydrogen-bond donors (Lipinski definition) is 3. The lowest BCUT2D eigenvalue weighted by Gasteiger charge is -2.33. The number of aryl methyl sites for hydroxylation is 1. The molecule has 1 aliphatic carbocycles. The van der Waals surface area contributed by atoms with Crippen LogP contribution in [0.2, 0.25) is 5.02 Å². The molecule has 4 N–H and O–H groups in total. The van der Waals surface area contributed by atoms with E-state index >= 15 is 4.39 Å². The van der Waals surface area contributed by atoms with Gasteiger partial charge in [0.05, 0.1) is 28.3 Å². The van der Waals surface area contributed by atoms with E-state index in [2.05, 4.69) is 10.3 Å². The first kappa shape index (κ1) is 24.2. The van der Waals surface area contributed by atoms with E-state index in [1.807, 2.05) is 25.2 Å². The van der Waals surface area contributed by atoms with E-state index < -0.39 is 23.2 Å². The smallest absolute Gasteiger partial charge is 0.258 e. The van der Waals surface area contributed by atoms with Gasteiger partial charge in [0.1, 0.15) is 28.5 Å². The van der Waals surface area contributed by atoms with Crippen LogP contribution in [0.4, 0.5) is 10.2 Å². The number of aliphatic hydroxyl groups excluding tert-OH is 1. The summed E-state index contributed by atoms with van der Waals surface area (Å²) in [7, 11) is 0. The summed E-state index contributed by atoms with van der Waals surface area (Å²) < 4.78 is 23.2. The van der Waals surface area contributed by atoms with Crippen LogP contribution in [0.5, 0.6) is 5.75 Å². The quantitative estimate of drug-likeness (QED) is 0.485. The van der Waals surface area contributed by atoms with E-state index in [0.717, 1.165) is 0 Å². The van der Waals surface area contributed by atoms with Gasteiger partial charge in [0.25, 0.3) is 5.91 Å². The Labute approximate surface area is 202 Å². The zero-order valence-corrected chi connectivity index (χ0v) is 20.6. The standard InChI is InChI=1S/C24H29ClFN5O3/c1-11(2)34-20-15(10-16(25)18(26)17(20)22(33)30-13-8-14(32)9-13)24(4,5)23-29-12(3)19-21(27)28-6-7-31(19)23/h6-7,10-11,13-14,32H,8-9H2,1-5H3,(H2,27,28)(H,30,33)/t13-,14+. The highest BCUT2D eigenvalue weighted by molar-refractivity contribution is 6.31. The van der Waals surface area contributed by atoms with Crippen LogP contribution >= 0.6 is 11.6 Å². The zero-order valence-electron chi connectivity index (χ0n) is 19.8. The molecule has 0 aliphatic heterocycles. The number of ether oxygens (including phenoxy) is 1. The van der Waals surface area contributed by atoms with Crippen LogP contribution in [0.25, 0.3) is 5.52 Å². The summed E-state index contributed by atoms with van der Waals surface area (Å²) in [5.74, 6) is -0.434. The molecule has 34 heavy (non-hydrogen) atoms. The number of hydrogen-bond acceptors (Lipinski definition) is 6. The molecular formula is C24H29ClFN5O3. The van der Waals surface area contributed by atoms with E-state index in [-0.39, 0.29) is 28.5 Å². The lowest BCUT2D eigenvalue weighted by atomic mass is 9.81. The van der Waals surface area contributed by atoms with E-state index in [9.17, 15) is 9.90 Å². The Bertz CT molecular complexity index is 1270. The number of nitrogens with zero attached hydrogens (tertiary/aromatic N) is 3. The lowest BCUT2D eigenvalue weighted by molar-refractivity contribution is 0.0559. The highest BCUT2D eigenvalue weighted by Gasteiger charge is 2.38. The second kappa shape index (κ2) is 8.70. The molecule has 2 heterocycles. The summed E-state index contributed by atoms with van der Waals surface area (Å²) in [6.07, 6.45) is 3.37. The van der Waals surface area contributed by atoms with Crippen molar-refractivity contribution in [1.29, 1.82) is 0 Å². The predicted molar refractivity (Wildman–Crippen MR) is 128 cm³/mol. The number of aromatic nitrogens is 3. The number of halogens is 2. The van der Waals surface area contributed by atoms with Gasteiger partial charge >= 0.3 is 0 Å². The van der Waals surface area contributed by atoms with Crippen LogP contribution in [0.15, 0.2) is 18.5 Å². The molecule has 8 nitrogen and oxygen atoms in total. The summed E-state index contributed by atoms with van der Waals surface area (Å²) in [6, 6.07) is 1.25.